The number of nitrogens with zero attached hydrogens (tertiary/aromatic N) is 3. The van der Waals surface area contributed by atoms with E-state index in [2.05, 4.69) is 15.4 Å². The van der Waals surface area contributed by atoms with Gasteiger partial charge in [-0.15, -0.1) is 0 Å². The molecule has 124 valence electrons. The van der Waals surface area contributed by atoms with E-state index in [0.717, 1.165) is 10.9 Å². The summed E-state index contributed by atoms with van der Waals surface area (Å²) in [5.41, 5.74) is 1.61. The summed E-state index contributed by atoms with van der Waals surface area (Å²) in [5.74, 6) is 0.182. The van der Waals surface area contributed by atoms with Crippen LogP contribution >= 0.6 is 0 Å². The summed E-state index contributed by atoms with van der Waals surface area (Å²) in [6, 6.07) is 10.8. The van der Waals surface area contributed by atoms with Gasteiger partial charge in [-0.25, -0.2) is 9.78 Å². The Labute approximate surface area is 141 Å². The van der Waals surface area contributed by atoms with Crippen LogP contribution in [0.1, 0.15) is 5.56 Å². The van der Waals surface area contributed by atoms with Crippen molar-refractivity contribution in [1.29, 1.82) is 0 Å². The summed E-state index contributed by atoms with van der Waals surface area (Å²) in [6.07, 6.45) is 3.03. The highest BCUT2D eigenvalue weighted by atomic mass is 16.4. The van der Waals surface area contributed by atoms with E-state index in [9.17, 15) is 9.59 Å². The zero-order valence-electron chi connectivity index (χ0n) is 13.4. The Balaban J connectivity index is 1.77. The minimum absolute atomic E-state index is 0.0351. The van der Waals surface area contributed by atoms with Crippen molar-refractivity contribution in [2.45, 2.75) is 13.5 Å². The normalized spacial score (nSPS) is 11.1. The van der Waals surface area contributed by atoms with Crippen molar-refractivity contribution in [3.63, 3.8) is 0 Å². The van der Waals surface area contributed by atoms with Crippen LogP contribution in [0.25, 0.3) is 21.9 Å². The molecule has 0 aliphatic carbocycles. The summed E-state index contributed by atoms with van der Waals surface area (Å²) >= 11 is 0. The first kappa shape index (κ1) is 15.1. The van der Waals surface area contributed by atoms with Gasteiger partial charge in [0.2, 0.25) is 5.91 Å². The zero-order valence-corrected chi connectivity index (χ0v) is 13.4. The Morgan fingerprint density at radius 1 is 1.24 bits per heavy atom. The van der Waals surface area contributed by atoms with Gasteiger partial charge in [-0.1, -0.05) is 17.7 Å². The molecular weight excluding hydrogens is 320 g/mol. The highest BCUT2D eigenvalue weighted by molar-refractivity contribution is 6.03. The van der Waals surface area contributed by atoms with Gasteiger partial charge in [0.15, 0.2) is 0 Å². The third-order valence-corrected chi connectivity index (χ3v) is 3.88. The molecule has 0 atom stereocenters. The Morgan fingerprint density at radius 2 is 2.12 bits per heavy atom. The fourth-order valence-electron chi connectivity index (χ4n) is 2.77. The molecule has 0 radical (unpaired) electrons. The first-order valence-corrected chi connectivity index (χ1v) is 7.72. The van der Waals surface area contributed by atoms with E-state index in [-0.39, 0.29) is 12.5 Å². The third-order valence-electron chi connectivity index (χ3n) is 3.88. The maximum atomic E-state index is 12.3. The predicted octanol–water partition coefficient (Wildman–Crippen LogP) is 2.48. The van der Waals surface area contributed by atoms with Crippen LogP contribution < -0.4 is 10.9 Å². The summed E-state index contributed by atoms with van der Waals surface area (Å²) in [4.78, 5) is 28.5. The average Bonchev–Trinajstić information content (AvgIpc) is 3.01. The minimum Gasteiger partial charge on any atom is -0.422 e. The van der Waals surface area contributed by atoms with Gasteiger partial charge in [0.05, 0.1) is 11.7 Å². The van der Waals surface area contributed by atoms with Crippen molar-refractivity contribution < 1.29 is 9.21 Å². The molecule has 1 amide bonds. The number of pyridine rings is 1. The van der Waals surface area contributed by atoms with E-state index in [1.807, 2.05) is 19.1 Å². The molecule has 0 spiro atoms. The van der Waals surface area contributed by atoms with Gasteiger partial charge in [-0.3, -0.25) is 9.48 Å². The van der Waals surface area contributed by atoms with Crippen LogP contribution in [0.15, 0.2) is 58.0 Å². The van der Waals surface area contributed by atoms with Crippen LogP contribution in [0.3, 0.4) is 0 Å². The summed E-state index contributed by atoms with van der Waals surface area (Å²) in [6.45, 7) is 1.91. The van der Waals surface area contributed by atoms with Crippen molar-refractivity contribution in [2.24, 2.45) is 0 Å². The minimum atomic E-state index is -0.470. The number of amides is 1. The molecule has 4 rings (SSSR count). The number of hydrogen-bond acceptors (Lipinski definition) is 5. The van der Waals surface area contributed by atoms with Crippen LogP contribution in [0.5, 0.6) is 0 Å². The second-order valence-corrected chi connectivity index (χ2v) is 5.72. The summed E-state index contributed by atoms with van der Waals surface area (Å²) in [7, 11) is 0. The van der Waals surface area contributed by atoms with Gasteiger partial charge in [0, 0.05) is 11.6 Å². The van der Waals surface area contributed by atoms with Crippen molar-refractivity contribution in [3.05, 3.63) is 64.8 Å². The molecule has 7 heteroatoms. The Bertz CT molecular complexity index is 1150. The molecule has 0 saturated heterocycles. The standard InChI is InChI=1S/C18H14N4O3/c1-11-5-6-14-12(8-11)17-13(18(24)25-14)9-20-22(17)10-16(23)21-15-4-2-3-7-19-15/h2-9H,10H2,1H3,(H,19,21,23). The molecular formula is C18H14N4O3. The van der Waals surface area contributed by atoms with Gasteiger partial charge in [-0.2, -0.15) is 5.10 Å². The fourth-order valence-corrected chi connectivity index (χ4v) is 2.77. The second-order valence-electron chi connectivity index (χ2n) is 5.72. The average molecular weight is 334 g/mol. The summed E-state index contributed by atoms with van der Waals surface area (Å²) < 4.78 is 6.83. The van der Waals surface area contributed by atoms with E-state index >= 15 is 0 Å². The molecule has 0 aliphatic rings. The Kier molecular flexibility index (Phi) is 3.53. The molecule has 1 aromatic carbocycles. The highest BCUT2D eigenvalue weighted by Crippen LogP contribution is 2.23. The number of aromatic nitrogens is 3. The first-order valence-electron chi connectivity index (χ1n) is 7.72. The first-order chi connectivity index (χ1) is 12.1. The smallest absolute Gasteiger partial charge is 0.347 e. The number of fused-ring (bicyclic) bond motifs is 3. The van der Waals surface area contributed by atoms with Crippen LogP contribution in [-0.4, -0.2) is 20.7 Å². The quantitative estimate of drug-likeness (QED) is 0.581. The third kappa shape index (κ3) is 2.76. The van der Waals surface area contributed by atoms with Crippen molar-refractivity contribution >= 4 is 33.6 Å². The van der Waals surface area contributed by atoms with Crippen molar-refractivity contribution in [2.75, 3.05) is 5.32 Å². The highest BCUT2D eigenvalue weighted by Gasteiger charge is 2.15. The number of benzene rings is 1. The van der Waals surface area contributed by atoms with Crippen LogP contribution in [0.2, 0.25) is 0 Å². The number of carbonyl (C=O) groups excluding carboxylic acids is 1. The zero-order chi connectivity index (χ0) is 17.4. The van der Waals surface area contributed by atoms with Crippen LogP contribution in [0.4, 0.5) is 5.82 Å². The monoisotopic (exact) mass is 334 g/mol. The lowest BCUT2D eigenvalue weighted by molar-refractivity contribution is -0.116. The lowest BCUT2D eigenvalue weighted by Crippen LogP contribution is -2.20. The van der Waals surface area contributed by atoms with E-state index < -0.39 is 5.63 Å². The molecule has 0 saturated carbocycles. The fraction of sp³-hybridized carbons (Fsp3) is 0.111. The van der Waals surface area contributed by atoms with Gasteiger partial charge >= 0.3 is 5.63 Å². The molecule has 3 heterocycles. The molecule has 3 aromatic heterocycles. The second kappa shape index (κ2) is 5.86. The molecule has 4 aromatic rings. The largest absolute Gasteiger partial charge is 0.422 e. The summed E-state index contributed by atoms with van der Waals surface area (Å²) in [5, 5.41) is 8.00. The number of carbonyl (C=O) groups is 1. The van der Waals surface area contributed by atoms with Gasteiger partial charge in [-0.05, 0) is 31.2 Å². The lowest BCUT2D eigenvalue weighted by atomic mass is 10.1. The van der Waals surface area contributed by atoms with Crippen molar-refractivity contribution in [1.82, 2.24) is 14.8 Å². The number of nitrogens with one attached hydrogen (secondary N) is 1. The van der Waals surface area contributed by atoms with E-state index in [0.29, 0.717) is 22.3 Å². The predicted molar refractivity (Wildman–Crippen MR) is 93.4 cm³/mol. The molecule has 0 unspecified atom stereocenters. The van der Waals surface area contributed by atoms with Gasteiger partial charge in [0.25, 0.3) is 0 Å². The molecule has 1 N–H and O–H groups in total. The van der Waals surface area contributed by atoms with Crippen LogP contribution in [0, 0.1) is 6.92 Å². The Hall–Kier alpha value is -3.48. The number of hydrogen-bond donors (Lipinski definition) is 1. The maximum Gasteiger partial charge on any atom is 0.347 e. The number of anilines is 1. The lowest BCUT2D eigenvalue weighted by Gasteiger charge is -2.07. The molecule has 0 fully saturated rings. The molecule has 7 nitrogen and oxygen atoms in total. The molecule has 0 bridgehead atoms. The van der Waals surface area contributed by atoms with E-state index in [1.165, 1.54) is 10.9 Å². The SMILES string of the molecule is Cc1ccc2oc(=O)c3cnn(CC(=O)Nc4ccccn4)c3c2c1. The molecule has 25 heavy (non-hydrogen) atoms. The van der Waals surface area contributed by atoms with E-state index in [1.54, 1.807) is 30.5 Å². The van der Waals surface area contributed by atoms with Gasteiger partial charge in [0.1, 0.15) is 23.3 Å². The van der Waals surface area contributed by atoms with Crippen molar-refractivity contribution in [3.8, 4) is 0 Å². The molecule has 0 aliphatic heterocycles. The number of aryl methyl sites for hydroxylation is 1. The van der Waals surface area contributed by atoms with E-state index in [4.69, 9.17) is 4.42 Å². The van der Waals surface area contributed by atoms with Gasteiger partial charge < -0.3 is 9.73 Å². The maximum absolute atomic E-state index is 12.3. The van der Waals surface area contributed by atoms with Crippen LogP contribution in [-0.2, 0) is 11.3 Å². The Morgan fingerprint density at radius 3 is 2.92 bits per heavy atom. The topological polar surface area (TPSA) is 90.0 Å². The number of rotatable bonds is 3.